The molecule has 0 saturated carbocycles. The van der Waals surface area contributed by atoms with Gasteiger partial charge in [-0.1, -0.05) is 121 Å². The van der Waals surface area contributed by atoms with E-state index in [0.29, 0.717) is 65.8 Å². The maximum absolute atomic E-state index is 15.5. The van der Waals surface area contributed by atoms with Gasteiger partial charge >= 0.3 is 0 Å². The molecule has 0 saturated heterocycles. The predicted octanol–water partition coefficient (Wildman–Crippen LogP) is 8.11. The molecule has 1 heterocycles. The van der Waals surface area contributed by atoms with Gasteiger partial charge in [0.25, 0.3) is 0 Å². The molecule has 1 aliphatic carbocycles. The predicted molar refractivity (Wildman–Crippen MR) is 232 cm³/mol. The molecule has 10 heteroatoms. The Hall–Kier alpha value is -6.46. The Kier molecular flexibility index (Phi) is 12.6. The molecule has 6 aromatic carbocycles. The zero-order valence-electron chi connectivity index (χ0n) is 33.3. The van der Waals surface area contributed by atoms with E-state index >= 15 is 4.79 Å². The second-order valence-electron chi connectivity index (χ2n) is 14.7. The number of hydrogen-bond donors (Lipinski definition) is 3. The molecule has 0 unspecified atom stereocenters. The SMILES string of the molecule is CN(CCNc1ccc2c3c(nn2CCNCCO)-c2c(OCc4ccccc4)cc(OCc4ccccc4)c(OCc4ccccc4)c2C(=O)c13)Cc1ccccc1. The molecule has 0 spiro atoms. The van der Waals surface area contributed by atoms with Gasteiger partial charge in [-0.3, -0.25) is 9.48 Å². The monoisotopic (exact) mass is 787 g/mol. The van der Waals surface area contributed by atoms with Gasteiger partial charge in [-0.25, -0.2) is 0 Å². The van der Waals surface area contributed by atoms with Crippen molar-refractivity contribution in [3.8, 4) is 28.5 Å². The molecule has 10 nitrogen and oxygen atoms in total. The summed E-state index contributed by atoms with van der Waals surface area (Å²) in [4.78, 5) is 17.8. The van der Waals surface area contributed by atoms with Crippen molar-refractivity contribution in [2.45, 2.75) is 32.9 Å². The van der Waals surface area contributed by atoms with Crippen molar-refractivity contribution in [2.75, 3.05) is 45.2 Å². The van der Waals surface area contributed by atoms with E-state index in [1.54, 1.807) is 0 Å². The first-order valence-electron chi connectivity index (χ1n) is 20.1. The molecule has 0 radical (unpaired) electrons. The van der Waals surface area contributed by atoms with Crippen LogP contribution in [0.5, 0.6) is 17.2 Å². The Balaban J connectivity index is 1.25. The molecule has 59 heavy (non-hydrogen) atoms. The molecule has 0 fully saturated rings. The van der Waals surface area contributed by atoms with Gasteiger partial charge < -0.3 is 34.9 Å². The van der Waals surface area contributed by atoms with Crippen LogP contribution in [0.15, 0.2) is 140 Å². The van der Waals surface area contributed by atoms with E-state index in [1.165, 1.54) is 5.56 Å². The van der Waals surface area contributed by atoms with Crippen molar-refractivity contribution < 1.29 is 24.1 Å². The van der Waals surface area contributed by atoms with Gasteiger partial charge in [-0.15, -0.1) is 0 Å². The summed E-state index contributed by atoms with van der Waals surface area (Å²) >= 11 is 0. The van der Waals surface area contributed by atoms with Crippen LogP contribution in [0.2, 0.25) is 0 Å². The molecule has 3 N–H and O–H groups in total. The van der Waals surface area contributed by atoms with E-state index in [1.807, 2.05) is 120 Å². The Bertz CT molecular complexity index is 2480. The fourth-order valence-corrected chi connectivity index (χ4v) is 7.50. The average molecular weight is 788 g/mol. The number of carbonyl (C=O) groups is 1. The van der Waals surface area contributed by atoms with Crippen LogP contribution in [0.3, 0.4) is 0 Å². The highest BCUT2D eigenvalue weighted by molar-refractivity contribution is 6.29. The Labute approximate surface area is 345 Å². The Morgan fingerprint density at radius 3 is 1.83 bits per heavy atom. The van der Waals surface area contributed by atoms with Crippen molar-refractivity contribution in [3.05, 3.63) is 173 Å². The molecular formula is C49H49N5O5. The molecule has 8 rings (SSSR count). The normalized spacial score (nSPS) is 11.8. The second-order valence-corrected chi connectivity index (χ2v) is 14.7. The summed E-state index contributed by atoms with van der Waals surface area (Å²) in [5, 5.41) is 22.3. The number of rotatable bonds is 20. The summed E-state index contributed by atoms with van der Waals surface area (Å²) in [5.41, 5.74) is 7.78. The van der Waals surface area contributed by atoms with Crippen LogP contribution in [0.1, 0.15) is 38.2 Å². The number of anilines is 1. The van der Waals surface area contributed by atoms with Crippen molar-refractivity contribution in [2.24, 2.45) is 0 Å². The van der Waals surface area contributed by atoms with Crippen molar-refractivity contribution in [3.63, 3.8) is 0 Å². The van der Waals surface area contributed by atoms with Gasteiger partial charge in [0.2, 0.25) is 5.78 Å². The standard InChI is InChI=1S/C49H49N5O5/c1-53(31-35-14-6-2-7-15-35)27-25-51-39-22-23-40-44-43(39)48(56)46-45(47(44)52-54(40)28-24-50-26-29-55)41(57-32-36-16-8-3-9-17-36)30-42(58-33-37-18-10-4-11-19-37)49(46)59-34-38-20-12-5-13-21-38/h2-23,30,50-51,55H,24-29,31-34H2,1H3. The first kappa shape index (κ1) is 39.4. The first-order chi connectivity index (χ1) is 29.1. The van der Waals surface area contributed by atoms with Gasteiger partial charge in [0.15, 0.2) is 11.5 Å². The summed E-state index contributed by atoms with van der Waals surface area (Å²) < 4.78 is 21.9. The van der Waals surface area contributed by atoms with Crippen molar-refractivity contribution >= 4 is 22.4 Å². The van der Waals surface area contributed by atoms with Crippen LogP contribution in [-0.2, 0) is 32.9 Å². The number of nitrogens with zero attached hydrogens (tertiary/aromatic N) is 3. The van der Waals surface area contributed by atoms with Crippen LogP contribution < -0.4 is 24.8 Å². The number of fused-ring (bicyclic) bond motifs is 2. The quantitative estimate of drug-likeness (QED) is 0.0661. The number of aliphatic hydroxyl groups excluding tert-OH is 1. The number of aliphatic hydroxyl groups is 1. The molecule has 7 aromatic rings. The smallest absolute Gasteiger partial charge is 0.200 e. The van der Waals surface area contributed by atoms with Gasteiger partial charge in [-0.05, 0) is 41.4 Å². The van der Waals surface area contributed by atoms with E-state index in [9.17, 15) is 5.11 Å². The number of hydrogen-bond acceptors (Lipinski definition) is 9. The van der Waals surface area contributed by atoms with Gasteiger partial charge in [0, 0.05) is 49.9 Å². The fourth-order valence-electron chi connectivity index (χ4n) is 7.50. The van der Waals surface area contributed by atoms with Gasteiger partial charge in [0.1, 0.15) is 31.3 Å². The van der Waals surface area contributed by atoms with Gasteiger partial charge in [0.05, 0.1) is 35.4 Å². The highest BCUT2D eigenvalue weighted by atomic mass is 16.5. The number of carbonyl (C=O) groups excluding carboxylic acids is 1. The largest absolute Gasteiger partial charge is 0.488 e. The summed E-state index contributed by atoms with van der Waals surface area (Å²) in [6.07, 6.45) is 0. The van der Waals surface area contributed by atoms with Crippen LogP contribution in [0.25, 0.3) is 22.2 Å². The van der Waals surface area contributed by atoms with E-state index < -0.39 is 0 Å². The highest BCUT2D eigenvalue weighted by Crippen LogP contribution is 2.52. The third-order valence-corrected chi connectivity index (χ3v) is 10.4. The number of nitrogens with one attached hydrogen (secondary N) is 2. The number of ketones is 1. The average Bonchev–Trinajstić information content (AvgIpc) is 3.64. The Morgan fingerprint density at radius 1 is 0.644 bits per heavy atom. The lowest BCUT2D eigenvalue weighted by Gasteiger charge is -2.25. The maximum Gasteiger partial charge on any atom is 0.200 e. The third kappa shape index (κ3) is 9.16. The lowest BCUT2D eigenvalue weighted by molar-refractivity contribution is 0.103. The molecule has 0 amide bonds. The van der Waals surface area contributed by atoms with Crippen LogP contribution in [0.4, 0.5) is 5.69 Å². The summed E-state index contributed by atoms with van der Waals surface area (Å²) in [5.74, 6) is 1.02. The maximum atomic E-state index is 15.5. The van der Waals surface area contributed by atoms with E-state index in [2.05, 4.69) is 46.8 Å². The highest BCUT2D eigenvalue weighted by Gasteiger charge is 2.38. The van der Waals surface area contributed by atoms with Crippen molar-refractivity contribution in [1.82, 2.24) is 20.0 Å². The molecule has 0 aliphatic heterocycles. The molecule has 0 bridgehead atoms. The lowest BCUT2D eigenvalue weighted by atomic mass is 9.85. The minimum Gasteiger partial charge on any atom is -0.488 e. The zero-order valence-corrected chi connectivity index (χ0v) is 33.3. The summed E-state index contributed by atoms with van der Waals surface area (Å²) in [6, 6.07) is 46.0. The van der Waals surface area contributed by atoms with E-state index in [0.717, 1.165) is 46.4 Å². The van der Waals surface area contributed by atoms with Gasteiger partial charge in [-0.2, -0.15) is 5.10 Å². The first-order valence-corrected chi connectivity index (χ1v) is 20.1. The lowest BCUT2D eigenvalue weighted by Crippen LogP contribution is -2.25. The molecule has 1 aliphatic rings. The molecule has 0 atom stereocenters. The molecule has 1 aromatic heterocycles. The summed E-state index contributed by atoms with van der Waals surface area (Å²) in [6.45, 7) is 4.51. The minimum absolute atomic E-state index is 0.0369. The number of likely N-dealkylation sites (N-methyl/N-ethyl adjacent to an activating group) is 1. The minimum atomic E-state index is -0.200. The Morgan fingerprint density at radius 2 is 1.22 bits per heavy atom. The molecular weight excluding hydrogens is 739 g/mol. The third-order valence-electron chi connectivity index (χ3n) is 10.4. The topological polar surface area (TPSA) is 110 Å². The summed E-state index contributed by atoms with van der Waals surface area (Å²) in [7, 11) is 2.10. The van der Waals surface area contributed by atoms with Crippen LogP contribution >= 0.6 is 0 Å². The number of aromatic nitrogens is 2. The van der Waals surface area contributed by atoms with Crippen molar-refractivity contribution in [1.29, 1.82) is 0 Å². The fraction of sp³-hybridized carbons (Fsp3) is 0.224. The molecule has 300 valence electrons. The van der Waals surface area contributed by atoms with E-state index in [4.69, 9.17) is 19.3 Å². The zero-order chi connectivity index (χ0) is 40.4. The number of benzene rings is 6. The van der Waals surface area contributed by atoms with E-state index in [-0.39, 0.29) is 32.2 Å². The number of ether oxygens (including phenoxy) is 3. The van der Waals surface area contributed by atoms with Crippen LogP contribution in [0, 0.1) is 0 Å². The second kappa shape index (κ2) is 18.9. The van der Waals surface area contributed by atoms with Crippen LogP contribution in [-0.4, -0.2) is 65.4 Å².